The first-order valence-electron chi connectivity index (χ1n) is 11.0. The molecule has 1 N–H and O–H groups in total. The molecule has 0 saturated carbocycles. The van der Waals surface area contributed by atoms with E-state index in [2.05, 4.69) is 45.5 Å². The molecule has 0 radical (unpaired) electrons. The van der Waals surface area contributed by atoms with Gasteiger partial charge in [0.25, 0.3) is 0 Å². The Hall–Kier alpha value is -1.82. The molecule has 30 heavy (non-hydrogen) atoms. The van der Waals surface area contributed by atoms with Gasteiger partial charge in [-0.05, 0) is 50.1 Å². The normalized spacial score (nSPS) is 20.9. The predicted molar refractivity (Wildman–Crippen MR) is 124 cm³/mol. The molecule has 1 aromatic heterocycles. The van der Waals surface area contributed by atoms with E-state index >= 15 is 0 Å². The fourth-order valence-electron chi connectivity index (χ4n) is 4.30. The van der Waals surface area contributed by atoms with Crippen molar-refractivity contribution < 1.29 is 9.47 Å². The van der Waals surface area contributed by atoms with Crippen molar-refractivity contribution in [1.29, 1.82) is 0 Å². The average Bonchev–Trinajstić information content (AvgIpc) is 3.45. The van der Waals surface area contributed by atoms with Gasteiger partial charge in [0.1, 0.15) is 12.4 Å². The molecule has 0 spiro atoms. The standard InChI is InChI=1S/C24H33N3O2.ClH/c1-2-6-21(7-3-1)18-28-13-5-8-20-10-12-27(17-20)23-14-24(16-25-15-23)29-19-22-9-4-11-26-22;/h1-3,6-7,14-16,20,22,26H,4-5,8-13,17-19H2;1H/t20-,22-;/m0./s1. The van der Waals surface area contributed by atoms with Gasteiger partial charge in [-0.15, -0.1) is 12.4 Å². The topological polar surface area (TPSA) is 46.6 Å². The van der Waals surface area contributed by atoms with Crippen molar-refractivity contribution in [2.45, 2.75) is 44.8 Å². The van der Waals surface area contributed by atoms with Crippen LogP contribution < -0.4 is 15.0 Å². The van der Waals surface area contributed by atoms with E-state index in [0.717, 1.165) is 50.9 Å². The SMILES string of the molecule is Cl.c1ccc(COCCC[C@H]2CCN(c3cncc(OC[C@@H]4CCCN4)c3)C2)cc1. The third-order valence-electron chi connectivity index (χ3n) is 5.98. The molecule has 6 heteroatoms. The van der Waals surface area contributed by atoms with E-state index in [9.17, 15) is 0 Å². The van der Waals surface area contributed by atoms with E-state index in [4.69, 9.17) is 9.47 Å². The molecule has 1 aromatic carbocycles. The van der Waals surface area contributed by atoms with E-state index in [0.29, 0.717) is 12.6 Å². The van der Waals surface area contributed by atoms with Crippen molar-refractivity contribution in [3.63, 3.8) is 0 Å². The molecular formula is C24H34ClN3O2. The van der Waals surface area contributed by atoms with Crippen molar-refractivity contribution in [1.82, 2.24) is 10.3 Å². The molecule has 2 fully saturated rings. The average molecular weight is 432 g/mol. The number of nitrogens with zero attached hydrogens (tertiary/aromatic N) is 2. The Morgan fingerprint density at radius 1 is 1.13 bits per heavy atom. The Bertz CT molecular complexity index is 740. The number of ether oxygens (including phenoxy) is 2. The van der Waals surface area contributed by atoms with Crippen LogP contribution in [0.3, 0.4) is 0 Å². The van der Waals surface area contributed by atoms with Crippen molar-refractivity contribution in [2.75, 3.05) is 37.7 Å². The van der Waals surface area contributed by atoms with E-state index < -0.39 is 0 Å². The van der Waals surface area contributed by atoms with Gasteiger partial charge in [-0.2, -0.15) is 0 Å². The lowest BCUT2D eigenvalue weighted by Crippen LogP contribution is -2.28. The minimum absolute atomic E-state index is 0. The molecule has 2 aliphatic rings. The number of benzene rings is 1. The maximum atomic E-state index is 5.98. The molecule has 2 saturated heterocycles. The maximum Gasteiger partial charge on any atom is 0.139 e. The lowest BCUT2D eigenvalue weighted by atomic mass is 10.0. The molecule has 0 unspecified atom stereocenters. The number of hydrogen-bond acceptors (Lipinski definition) is 5. The van der Waals surface area contributed by atoms with Crippen LogP contribution >= 0.6 is 12.4 Å². The smallest absolute Gasteiger partial charge is 0.139 e. The quantitative estimate of drug-likeness (QED) is 0.563. The monoisotopic (exact) mass is 431 g/mol. The lowest BCUT2D eigenvalue weighted by Gasteiger charge is -2.19. The first-order chi connectivity index (χ1) is 14.4. The number of hydrogen-bond donors (Lipinski definition) is 1. The van der Waals surface area contributed by atoms with Crippen LogP contribution in [0, 0.1) is 5.92 Å². The Kier molecular flexibility index (Phi) is 9.25. The van der Waals surface area contributed by atoms with Gasteiger partial charge in [-0.25, -0.2) is 0 Å². The summed E-state index contributed by atoms with van der Waals surface area (Å²) in [7, 11) is 0. The van der Waals surface area contributed by atoms with Crippen LogP contribution in [0.4, 0.5) is 5.69 Å². The highest BCUT2D eigenvalue weighted by Crippen LogP contribution is 2.28. The molecule has 2 aliphatic heterocycles. The van der Waals surface area contributed by atoms with Crippen molar-refractivity contribution >= 4 is 18.1 Å². The minimum atomic E-state index is 0. The van der Waals surface area contributed by atoms with E-state index in [1.165, 1.54) is 36.9 Å². The molecule has 0 aliphatic carbocycles. The van der Waals surface area contributed by atoms with Crippen LogP contribution in [0.15, 0.2) is 48.8 Å². The van der Waals surface area contributed by atoms with Crippen LogP contribution in [0.1, 0.15) is 37.7 Å². The third-order valence-corrected chi connectivity index (χ3v) is 5.98. The Morgan fingerprint density at radius 3 is 2.87 bits per heavy atom. The summed E-state index contributed by atoms with van der Waals surface area (Å²) >= 11 is 0. The fourth-order valence-corrected chi connectivity index (χ4v) is 4.30. The van der Waals surface area contributed by atoms with E-state index in [1.54, 1.807) is 0 Å². The van der Waals surface area contributed by atoms with Gasteiger partial charge in [0.05, 0.1) is 24.7 Å². The van der Waals surface area contributed by atoms with Gasteiger partial charge in [-0.1, -0.05) is 30.3 Å². The Balaban J connectivity index is 0.00000256. The maximum absolute atomic E-state index is 5.98. The van der Waals surface area contributed by atoms with Crippen molar-refractivity contribution in [3.8, 4) is 5.75 Å². The van der Waals surface area contributed by atoms with Crippen molar-refractivity contribution in [2.24, 2.45) is 5.92 Å². The molecular weight excluding hydrogens is 398 g/mol. The summed E-state index contributed by atoms with van der Waals surface area (Å²) in [4.78, 5) is 6.86. The minimum Gasteiger partial charge on any atom is -0.490 e. The first-order valence-corrected chi connectivity index (χ1v) is 11.0. The summed E-state index contributed by atoms with van der Waals surface area (Å²) in [5.41, 5.74) is 2.43. The summed E-state index contributed by atoms with van der Waals surface area (Å²) in [5, 5.41) is 3.47. The number of anilines is 1. The van der Waals surface area contributed by atoms with Gasteiger partial charge < -0.3 is 19.7 Å². The van der Waals surface area contributed by atoms with Crippen LogP contribution in [0.2, 0.25) is 0 Å². The van der Waals surface area contributed by atoms with Gasteiger partial charge in [-0.3, -0.25) is 4.98 Å². The summed E-state index contributed by atoms with van der Waals surface area (Å²) in [6.45, 7) is 5.60. The highest BCUT2D eigenvalue weighted by atomic mass is 35.5. The van der Waals surface area contributed by atoms with E-state index in [-0.39, 0.29) is 12.4 Å². The number of aromatic nitrogens is 1. The van der Waals surface area contributed by atoms with Crippen molar-refractivity contribution in [3.05, 3.63) is 54.4 Å². The van der Waals surface area contributed by atoms with Gasteiger partial charge >= 0.3 is 0 Å². The number of rotatable bonds is 10. The molecule has 4 rings (SSSR count). The van der Waals surface area contributed by atoms with Crippen LogP contribution in [0.25, 0.3) is 0 Å². The Labute approximate surface area is 186 Å². The lowest BCUT2D eigenvalue weighted by molar-refractivity contribution is 0.114. The highest BCUT2D eigenvalue weighted by molar-refractivity contribution is 5.85. The first kappa shape index (κ1) is 22.9. The van der Waals surface area contributed by atoms with Crippen LogP contribution in [0.5, 0.6) is 5.75 Å². The largest absolute Gasteiger partial charge is 0.490 e. The summed E-state index contributed by atoms with van der Waals surface area (Å²) in [6, 6.07) is 13.0. The summed E-state index contributed by atoms with van der Waals surface area (Å²) in [6.07, 6.45) is 9.84. The zero-order valence-corrected chi connectivity index (χ0v) is 18.5. The molecule has 0 amide bonds. The molecule has 164 valence electrons. The summed E-state index contributed by atoms with van der Waals surface area (Å²) in [5.74, 6) is 1.62. The number of halogens is 1. The van der Waals surface area contributed by atoms with Crippen LogP contribution in [-0.2, 0) is 11.3 Å². The predicted octanol–water partition coefficient (Wildman–Crippen LogP) is 4.46. The molecule has 2 atom stereocenters. The zero-order chi connectivity index (χ0) is 19.7. The summed E-state index contributed by atoms with van der Waals surface area (Å²) < 4.78 is 11.8. The molecule has 5 nitrogen and oxygen atoms in total. The Morgan fingerprint density at radius 2 is 2.03 bits per heavy atom. The molecule has 3 heterocycles. The number of nitrogens with one attached hydrogen (secondary N) is 1. The highest BCUT2D eigenvalue weighted by Gasteiger charge is 2.23. The third kappa shape index (κ3) is 6.86. The van der Waals surface area contributed by atoms with E-state index in [1.807, 2.05) is 18.5 Å². The zero-order valence-electron chi connectivity index (χ0n) is 17.7. The second kappa shape index (κ2) is 12.1. The second-order valence-electron chi connectivity index (χ2n) is 8.26. The fraction of sp³-hybridized carbons (Fsp3) is 0.542. The second-order valence-corrected chi connectivity index (χ2v) is 8.26. The van der Waals surface area contributed by atoms with Gasteiger partial charge in [0, 0.05) is 31.8 Å². The molecule has 2 aromatic rings. The van der Waals surface area contributed by atoms with Gasteiger partial charge in [0.15, 0.2) is 0 Å². The van der Waals surface area contributed by atoms with Gasteiger partial charge in [0.2, 0.25) is 0 Å². The molecule has 0 bridgehead atoms. The van der Waals surface area contributed by atoms with Crippen LogP contribution in [-0.4, -0.2) is 43.9 Å². The number of pyridine rings is 1.